The number of nitrogens with zero attached hydrogens (tertiary/aromatic N) is 5. The highest BCUT2D eigenvalue weighted by atomic mass is 32.1. The minimum absolute atomic E-state index is 0.326. The predicted molar refractivity (Wildman–Crippen MR) is 93.2 cm³/mol. The van der Waals surface area contributed by atoms with Gasteiger partial charge >= 0.3 is 0 Å². The molecule has 0 aliphatic rings. The van der Waals surface area contributed by atoms with Crippen LogP contribution in [0.1, 0.15) is 16.1 Å². The molecule has 1 amide bonds. The lowest BCUT2D eigenvalue weighted by Crippen LogP contribution is -2.14. The van der Waals surface area contributed by atoms with E-state index in [4.69, 9.17) is 0 Å². The highest BCUT2D eigenvalue weighted by Gasteiger charge is 2.13. The maximum absolute atomic E-state index is 12.2. The average molecular weight is 346 g/mol. The van der Waals surface area contributed by atoms with Crippen LogP contribution in [0.3, 0.4) is 0 Å². The standard InChI is InChI=1S/C17H10N6OS/c18-7-11-3-1-2-4-12(11)13-5-6-15-19-8-16(23(15)22-13)21-17(24)14-9-25-10-20-14/h1-6,8-10H,(H,21,24). The maximum atomic E-state index is 12.2. The summed E-state index contributed by atoms with van der Waals surface area (Å²) in [6, 6.07) is 13.0. The van der Waals surface area contributed by atoms with Crippen molar-refractivity contribution >= 4 is 28.7 Å². The Labute approximate surface area is 146 Å². The molecule has 3 heterocycles. The number of aromatic nitrogens is 4. The summed E-state index contributed by atoms with van der Waals surface area (Å²) in [5.74, 6) is 0.108. The van der Waals surface area contributed by atoms with Crippen molar-refractivity contribution in [3.8, 4) is 17.3 Å². The fourth-order valence-electron chi connectivity index (χ4n) is 2.41. The molecule has 0 fully saturated rings. The first-order valence-electron chi connectivity index (χ1n) is 7.30. The van der Waals surface area contributed by atoms with Crippen molar-refractivity contribution < 1.29 is 4.79 Å². The van der Waals surface area contributed by atoms with E-state index in [2.05, 4.69) is 26.5 Å². The third kappa shape index (κ3) is 2.73. The lowest BCUT2D eigenvalue weighted by molar-refractivity contribution is 0.102. The predicted octanol–water partition coefficient (Wildman–Crippen LogP) is 2.98. The molecule has 120 valence electrons. The molecule has 25 heavy (non-hydrogen) atoms. The number of nitrogens with one attached hydrogen (secondary N) is 1. The molecule has 0 aliphatic heterocycles. The van der Waals surface area contributed by atoms with E-state index < -0.39 is 0 Å². The van der Waals surface area contributed by atoms with Crippen LogP contribution in [0.4, 0.5) is 5.82 Å². The number of anilines is 1. The van der Waals surface area contributed by atoms with Crippen molar-refractivity contribution in [3.63, 3.8) is 0 Å². The smallest absolute Gasteiger partial charge is 0.276 e. The van der Waals surface area contributed by atoms with E-state index in [9.17, 15) is 10.1 Å². The Bertz CT molecular complexity index is 1110. The number of carbonyl (C=O) groups excluding carboxylic acids is 1. The van der Waals surface area contributed by atoms with Crippen LogP contribution in [-0.4, -0.2) is 25.5 Å². The third-order valence-corrected chi connectivity index (χ3v) is 4.18. The van der Waals surface area contributed by atoms with Gasteiger partial charge in [0.2, 0.25) is 0 Å². The molecule has 0 unspecified atom stereocenters. The number of imidazole rings is 1. The van der Waals surface area contributed by atoms with Gasteiger partial charge in [-0.05, 0) is 18.2 Å². The lowest BCUT2D eigenvalue weighted by Gasteiger charge is -2.06. The Hall–Kier alpha value is -3.57. The van der Waals surface area contributed by atoms with Crippen molar-refractivity contribution in [1.82, 2.24) is 19.6 Å². The van der Waals surface area contributed by atoms with Crippen molar-refractivity contribution in [2.75, 3.05) is 5.32 Å². The molecule has 1 aromatic carbocycles. The molecule has 4 rings (SSSR count). The van der Waals surface area contributed by atoms with Crippen LogP contribution in [0.2, 0.25) is 0 Å². The molecule has 1 N–H and O–H groups in total. The second kappa shape index (κ2) is 6.14. The summed E-state index contributed by atoms with van der Waals surface area (Å²) >= 11 is 1.35. The van der Waals surface area contributed by atoms with E-state index in [0.29, 0.717) is 28.4 Å². The molecular weight excluding hydrogens is 336 g/mol. The second-order valence-electron chi connectivity index (χ2n) is 5.12. The number of rotatable bonds is 3. The fourth-order valence-corrected chi connectivity index (χ4v) is 2.94. The number of hydrogen-bond donors (Lipinski definition) is 1. The molecule has 0 spiro atoms. The summed E-state index contributed by atoms with van der Waals surface area (Å²) in [7, 11) is 0. The van der Waals surface area contributed by atoms with E-state index in [1.165, 1.54) is 22.0 Å². The van der Waals surface area contributed by atoms with Crippen LogP contribution in [-0.2, 0) is 0 Å². The second-order valence-corrected chi connectivity index (χ2v) is 5.84. The zero-order valence-electron chi connectivity index (χ0n) is 12.7. The number of hydrogen-bond acceptors (Lipinski definition) is 6. The SMILES string of the molecule is N#Cc1ccccc1-c1ccc2ncc(NC(=O)c3cscn3)n2n1. The van der Waals surface area contributed by atoms with Gasteiger partial charge in [0.15, 0.2) is 11.5 Å². The van der Waals surface area contributed by atoms with Gasteiger partial charge in [-0.15, -0.1) is 11.3 Å². The van der Waals surface area contributed by atoms with E-state index in [1.807, 2.05) is 12.1 Å². The number of fused-ring (bicyclic) bond motifs is 1. The molecule has 7 nitrogen and oxygen atoms in total. The van der Waals surface area contributed by atoms with Gasteiger partial charge in [-0.1, -0.05) is 18.2 Å². The van der Waals surface area contributed by atoms with Crippen LogP contribution in [0.25, 0.3) is 16.9 Å². The topological polar surface area (TPSA) is 96.0 Å². The Morgan fingerprint density at radius 1 is 1.20 bits per heavy atom. The first kappa shape index (κ1) is 15.0. The van der Waals surface area contributed by atoms with Gasteiger partial charge in [-0.25, -0.2) is 9.97 Å². The van der Waals surface area contributed by atoms with Crippen LogP contribution in [0.15, 0.2) is 53.5 Å². The zero-order valence-corrected chi connectivity index (χ0v) is 13.6. The van der Waals surface area contributed by atoms with Crippen LogP contribution in [0, 0.1) is 11.3 Å². The lowest BCUT2D eigenvalue weighted by atomic mass is 10.1. The molecule has 3 aromatic heterocycles. The summed E-state index contributed by atoms with van der Waals surface area (Å²) in [4.78, 5) is 20.4. The summed E-state index contributed by atoms with van der Waals surface area (Å²) < 4.78 is 1.54. The number of thiazole rings is 1. The van der Waals surface area contributed by atoms with Crippen molar-refractivity contribution in [2.24, 2.45) is 0 Å². The molecule has 0 bridgehead atoms. The minimum atomic E-state index is -0.326. The normalized spacial score (nSPS) is 10.5. The Morgan fingerprint density at radius 3 is 2.88 bits per heavy atom. The van der Waals surface area contributed by atoms with Crippen molar-refractivity contribution in [2.45, 2.75) is 0 Å². The van der Waals surface area contributed by atoms with E-state index in [1.54, 1.807) is 35.2 Å². The number of benzene rings is 1. The molecule has 0 saturated carbocycles. The van der Waals surface area contributed by atoms with E-state index in [0.717, 1.165) is 5.56 Å². The first-order chi connectivity index (χ1) is 12.3. The minimum Gasteiger partial charge on any atom is -0.304 e. The molecule has 4 aromatic rings. The molecule has 0 atom stereocenters. The van der Waals surface area contributed by atoms with Gasteiger partial charge in [-0.3, -0.25) is 4.79 Å². The third-order valence-electron chi connectivity index (χ3n) is 3.59. The van der Waals surface area contributed by atoms with Crippen molar-refractivity contribution in [3.05, 3.63) is 64.7 Å². The summed E-state index contributed by atoms with van der Waals surface area (Å²) in [6.07, 6.45) is 1.53. The van der Waals surface area contributed by atoms with Gasteiger partial charge < -0.3 is 5.32 Å². The largest absolute Gasteiger partial charge is 0.304 e. The van der Waals surface area contributed by atoms with Gasteiger partial charge in [-0.2, -0.15) is 14.9 Å². The van der Waals surface area contributed by atoms with Gasteiger partial charge in [0.1, 0.15) is 5.69 Å². The van der Waals surface area contributed by atoms with E-state index in [-0.39, 0.29) is 5.91 Å². The van der Waals surface area contributed by atoms with Gasteiger partial charge in [0.25, 0.3) is 5.91 Å². The highest BCUT2D eigenvalue weighted by molar-refractivity contribution is 7.07. The summed E-state index contributed by atoms with van der Waals surface area (Å²) in [5.41, 5.74) is 4.39. The molecule has 0 radical (unpaired) electrons. The monoisotopic (exact) mass is 346 g/mol. The Morgan fingerprint density at radius 2 is 2.08 bits per heavy atom. The van der Waals surface area contributed by atoms with Crippen molar-refractivity contribution in [1.29, 1.82) is 5.26 Å². The van der Waals surface area contributed by atoms with Gasteiger partial charge in [0, 0.05) is 10.9 Å². The molecule has 0 saturated heterocycles. The summed E-state index contributed by atoms with van der Waals surface area (Å²) in [6.45, 7) is 0. The first-order valence-corrected chi connectivity index (χ1v) is 8.24. The summed E-state index contributed by atoms with van der Waals surface area (Å²) in [5, 5.41) is 18.2. The van der Waals surface area contributed by atoms with E-state index >= 15 is 0 Å². The molecular formula is C17H10N6OS. The highest BCUT2D eigenvalue weighted by Crippen LogP contribution is 2.22. The van der Waals surface area contributed by atoms with Crippen LogP contribution < -0.4 is 5.32 Å². The number of nitriles is 1. The quantitative estimate of drug-likeness (QED) is 0.615. The Balaban J connectivity index is 1.76. The number of amides is 1. The number of carbonyl (C=O) groups is 1. The zero-order chi connectivity index (χ0) is 17.2. The average Bonchev–Trinajstić information content (AvgIpc) is 3.32. The molecule has 0 aliphatic carbocycles. The maximum Gasteiger partial charge on any atom is 0.276 e. The van der Waals surface area contributed by atoms with Gasteiger partial charge in [0.05, 0.1) is 29.0 Å². The Kier molecular flexibility index (Phi) is 3.68. The van der Waals surface area contributed by atoms with Crippen LogP contribution in [0.5, 0.6) is 0 Å². The molecule has 8 heteroatoms. The van der Waals surface area contributed by atoms with Crippen LogP contribution >= 0.6 is 11.3 Å². The fraction of sp³-hybridized carbons (Fsp3) is 0.